The second kappa shape index (κ2) is 4.47. The molecule has 0 N–H and O–H groups in total. The first-order valence-corrected chi connectivity index (χ1v) is 5.70. The molecule has 2 nitrogen and oxygen atoms in total. The smallest absolute Gasteiger partial charge is 0.132 e. The average Bonchev–Trinajstić information content (AvgIpc) is 2.69. The zero-order valence-electron chi connectivity index (χ0n) is 9.40. The van der Waals surface area contributed by atoms with Gasteiger partial charge < -0.3 is 0 Å². The fraction of sp³-hybridized carbons (Fsp3) is 0.462. The number of nitrogens with zero attached hydrogens (tertiary/aromatic N) is 2. The summed E-state index contributed by atoms with van der Waals surface area (Å²) in [6.45, 7) is 4.43. The lowest BCUT2D eigenvalue weighted by atomic mass is 10.0. The van der Waals surface area contributed by atoms with Crippen LogP contribution in [-0.2, 0) is 0 Å². The van der Waals surface area contributed by atoms with Crippen LogP contribution in [0.4, 0.5) is 11.4 Å². The molecule has 1 unspecified atom stereocenters. The van der Waals surface area contributed by atoms with E-state index in [9.17, 15) is 0 Å². The van der Waals surface area contributed by atoms with Gasteiger partial charge in [-0.3, -0.25) is 0 Å². The fourth-order valence-corrected chi connectivity index (χ4v) is 1.78. The molecule has 1 aliphatic heterocycles. The van der Waals surface area contributed by atoms with E-state index in [2.05, 4.69) is 24.2 Å². The van der Waals surface area contributed by atoms with Crippen LogP contribution in [0.25, 0.3) is 0 Å². The van der Waals surface area contributed by atoms with Gasteiger partial charge in [-0.15, -0.1) is 0 Å². The Bertz CT molecular complexity index is 369. The second-order valence-electron chi connectivity index (χ2n) is 4.11. The van der Waals surface area contributed by atoms with Crippen molar-refractivity contribution in [1.29, 1.82) is 0 Å². The molecule has 0 saturated carbocycles. The van der Waals surface area contributed by atoms with Crippen LogP contribution in [-0.4, -0.2) is 5.84 Å². The lowest BCUT2D eigenvalue weighted by molar-refractivity contribution is 0.617. The molecule has 2 heteroatoms. The van der Waals surface area contributed by atoms with Gasteiger partial charge >= 0.3 is 0 Å². The van der Waals surface area contributed by atoms with Gasteiger partial charge in [0.05, 0.1) is 11.4 Å². The predicted octanol–water partition coefficient (Wildman–Crippen LogP) is 3.79. The second-order valence-corrected chi connectivity index (χ2v) is 4.11. The highest BCUT2D eigenvalue weighted by Crippen LogP contribution is 2.31. The molecule has 1 heterocycles. The number of hydrogen-bond acceptors (Lipinski definition) is 1. The van der Waals surface area contributed by atoms with Crippen LogP contribution in [0.2, 0.25) is 0 Å². The van der Waals surface area contributed by atoms with Crippen LogP contribution in [0.5, 0.6) is 0 Å². The summed E-state index contributed by atoms with van der Waals surface area (Å²) < 4.78 is 0. The third kappa shape index (κ3) is 2.20. The SMILES string of the molecule is CCCCC(C)C1=Nc2ccccc2[N]1. The number of benzene rings is 1. The number of unbranched alkanes of at least 4 members (excludes halogenated alkanes) is 1. The van der Waals surface area contributed by atoms with Crippen molar-refractivity contribution in [2.45, 2.75) is 33.1 Å². The van der Waals surface area contributed by atoms with Gasteiger partial charge in [0.1, 0.15) is 5.84 Å². The van der Waals surface area contributed by atoms with Gasteiger partial charge in [0.2, 0.25) is 0 Å². The van der Waals surface area contributed by atoms with Gasteiger partial charge in [0, 0.05) is 5.92 Å². The number of amidine groups is 1. The lowest BCUT2D eigenvalue weighted by Gasteiger charge is -2.09. The van der Waals surface area contributed by atoms with E-state index in [0.717, 1.165) is 17.2 Å². The molecule has 15 heavy (non-hydrogen) atoms. The Morgan fingerprint density at radius 1 is 1.20 bits per heavy atom. The molecule has 0 fully saturated rings. The number of rotatable bonds is 4. The van der Waals surface area contributed by atoms with Crippen molar-refractivity contribution in [1.82, 2.24) is 5.32 Å². The van der Waals surface area contributed by atoms with Gasteiger partial charge in [-0.05, 0) is 18.6 Å². The Morgan fingerprint density at radius 3 is 2.60 bits per heavy atom. The molecular formula is C13H17N2. The molecule has 0 aliphatic carbocycles. The maximum absolute atomic E-state index is 4.55. The molecule has 1 aliphatic rings. The van der Waals surface area contributed by atoms with Crippen LogP contribution in [0.1, 0.15) is 33.1 Å². The lowest BCUT2D eigenvalue weighted by Crippen LogP contribution is -2.16. The average molecular weight is 201 g/mol. The normalized spacial score (nSPS) is 15.5. The summed E-state index contributed by atoms with van der Waals surface area (Å²) in [5, 5.41) is 4.55. The molecule has 1 aromatic rings. The molecule has 0 saturated heterocycles. The standard InChI is InChI=1S/C13H17N2/c1-3-4-7-10(2)13-14-11-8-5-6-9-12(11)15-13/h5-6,8-10H,3-4,7H2,1-2H3. The van der Waals surface area contributed by atoms with E-state index in [1.807, 2.05) is 24.3 Å². The van der Waals surface area contributed by atoms with E-state index in [1.165, 1.54) is 19.3 Å². The van der Waals surface area contributed by atoms with E-state index < -0.39 is 0 Å². The maximum atomic E-state index is 4.55. The van der Waals surface area contributed by atoms with Gasteiger partial charge in [0.15, 0.2) is 0 Å². The Morgan fingerprint density at radius 2 is 1.93 bits per heavy atom. The summed E-state index contributed by atoms with van der Waals surface area (Å²) in [6.07, 6.45) is 3.68. The van der Waals surface area contributed by atoms with E-state index in [-0.39, 0.29) is 0 Å². The Balaban J connectivity index is 2.04. The van der Waals surface area contributed by atoms with Crippen LogP contribution in [0.3, 0.4) is 0 Å². The summed E-state index contributed by atoms with van der Waals surface area (Å²) in [5.41, 5.74) is 2.05. The number of fused-ring (bicyclic) bond motifs is 1. The van der Waals surface area contributed by atoms with Crippen molar-refractivity contribution < 1.29 is 0 Å². The predicted molar refractivity (Wildman–Crippen MR) is 64.0 cm³/mol. The summed E-state index contributed by atoms with van der Waals surface area (Å²) in [4.78, 5) is 4.55. The highest BCUT2D eigenvalue weighted by atomic mass is 15.1. The van der Waals surface area contributed by atoms with Crippen molar-refractivity contribution in [2.24, 2.45) is 10.9 Å². The summed E-state index contributed by atoms with van der Waals surface area (Å²) in [5.74, 6) is 1.49. The number of para-hydroxylation sites is 2. The van der Waals surface area contributed by atoms with Crippen LogP contribution < -0.4 is 5.32 Å². The van der Waals surface area contributed by atoms with E-state index in [4.69, 9.17) is 0 Å². The first-order chi connectivity index (χ1) is 7.31. The first kappa shape index (κ1) is 10.2. The molecule has 0 amide bonds. The molecular weight excluding hydrogens is 184 g/mol. The van der Waals surface area contributed by atoms with Crippen LogP contribution in [0.15, 0.2) is 29.3 Å². The van der Waals surface area contributed by atoms with Gasteiger partial charge in [0.25, 0.3) is 0 Å². The third-order valence-corrected chi connectivity index (χ3v) is 2.78. The minimum absolute atomic E-state index is 0.484. The summed E-state index contributed by atoms with van der Waals surface area (Å²) in [6, 6.07) is 8.08. The monoisotopic (exact) mass is 201 g/mol. The van der Waals surface area contributed by atoms with Crippen LogP contribution in [0, 0.1) is 5.92 Å². The van der Waals surface area contributed by atoms with Crippen molar-refractivity contribution in [2.75, 3.05) is 0 Å². The van der Waals surface area contributed by atoms with Crippen LogP contribution >= 0.6 is 0 Å². The topological polar surface area (TPSA) is 26.5 Å². The molecule has 0 bridgehead atoms. The number of aliphatic imine (C=N–C) groups is 1. The Kier molecular flexibility index (Phi) is 3.05. The summed E-state index contributed by atoms with van der Waals surface area (Å²) >= 11 is 0. The van der Waals surface area contributed by atoms with Crippen molar-refractivity contribution in [3.05, 3.63) is 24.3 Å². The highest BCUT2D eigenvalue weighted by molar-refractivity contribution is 5.97. The van der Waals surface area contributed by atoms with Crippen molar-refractivity contribution in [3.8, 4) is 0 Å². The molecule has 1 atom stereocenters. The zero-order chi connectivity index (χ0) is 10.7. The van der Waals surface area contributed by atoms with Crippen molar-refractivity contribution >= 4 is 17.2 Å². The molecule has 1 radical (unpaired) electrons. The van der Waals surface area contributed by atoms with Gasteiger partial charge in [-0.1, -0.05) is 38.8 Å². The van der Waals surface area contributed by atoms with E-state index >= 15 is 0 Å². The van der Waals surface area contributed by atoms with Crippen molar-refractivity contribution in [3.63, 3.8) is 0 Å². The maximum Gasteiger partial charge on any atom is 0.132 e. The summed E-state index contributed by atoms with van der Waals surface area (Å²) in [7, 11) is 0. The molecule has 0 spiro atoms. The first-order valence-electron chi connectivity index (χ1n) is 5.70. The molecule has 2 rings (SSSR count). The minimum atomic E-state index is 0.484. The largest absolute Gasteiger partial charge is 0.231 e. The Hall–Kier alpha value is -1.31. The van der Waals surface area contributed by atoms with Gasteiger partial charge in [-0.2, -0.15) is 0 Å². The van der Waals surface area contributed by atoms with Gasteiger partial charge in [-0.25, -0.2) is 10.3 Å². The molecule has 0 aromatic heterocycles. The third-order valence-electron chi connectivity index (χ3n) is 2.78. The van der Waals surface area contributed by atoms with E-state index in [0.29, 0.717) is 5.92 Å². The molecule has 79 valence electrons. The molecule has 1 aromatic carbocycles. The highest BCUT2D eigenvalue weighted by Gasteiger charge is 2.19. The minimum Gasteiger partial charge on any atom is -0.231 e. The zero-order valence-corrected chi connectivity index (χ0v) is 9.40. The fourth-order valence-electron chi connectivity index (χ4n) is 1.78. The van der Waals surface area contributed by atoms with E-state index in [1.54, 1.807) is 0 Å². The quantitative estimate of drug-likeness (QED) is 0.708. The Labute approximate surface area is 91.4 Å². The number of hydrogen-bond donors (Lipinski definition) is 0.